The smallest absolute Gasteiger partial charge is 0.160 e. The third kappa shape index (κ3) is 2.80. The molecule has 2 aromatic rings. The summed E-state index contributed by atoms with van der Waals surface area (Å²) in [6.45, 7) is 4.38. The van der Waals surface area contributed by atoms with Gasteiger partial charge in [0, 0.05) is 24.5 Å². The van der Waals surface area contributed by atoms with Crippen LogP contribution in [0, 0.1) is 12.8 Å². The van der Waals surface area contributed by atoms with Gasteiger partial charge in [-0.05, 0) is 37.3 Å². The largest absolute Gasteiger partial charge is 0.309 e. The zero-order valence-electron chi connectivity index (χ0n) is 13.0. The van der Waals surface area contributed by atoms with E-state index >= 15 is 0 Å². The highest BCUT2D eigenvalue weighted by atomic mass is 35.5. The van der Waals surface area contributed by atoms with Gasteiger partial charge in [-0.2, -0.15) is 0 Å². The summed E-state index contributed by atoms with van der Waals surface area (Å²) >= 11 is 6.00. The van der Waals surface area contributed by atoms with Gasteiger partial charge in [-0.3, -0.25) is 0 Å². The lowest BCUT2D eigenvalue weighted by atomic mass is 9.82. The molecule has 4 heteroatoms. The first-order valence-electron chi connectivity index (χ1n) is 8.14. The summed E-state index contributed by atoms with van der Waals surface area (Å²) in [5.41, 5.74) is 3.24. The minimum atomic E-state index is 0.544. The van der Waals surface area contributed by atoms with Crippen LogP contribution in [0.1, 0.15) is 56.5 Å². The van der Waals surface area contributed by atoms with E-state index in [1.165, 1.54) is 37.7 Å². The Balaban J connectivity index is 2.11. The third-order valence-electron chi connectivity index (χ3n) is 4.78. The minimum absolute atomic E-state index is 0.544. The molecule has 1 aliphatic carbocycles. The van der Waals surface area contributed by atoms with Crippen molar-refractivity contribution in [3.8, 4) is 0 Å². The van der Waals surface area contributed by atoms with Crippen LogP contribution in [0.15, 0.2) is 12.3 Å². The van der Waals surface area contributed by atoms with Gasteiger partial charge in [0.05, 0.1) is 0 Å². The molecular formula is C17H24ClN3. The average molecular weight is 306 g/mol. The number of pyridine rings is 1. The van der Waals surface area contributed by atoms with Crippen LogP contribution in [-0.4, -0.2) is 20.4 Å². The number of hydrogen-bond acceptors (Lipinski definition) is 2. The second kappa shape index (κ2) is 6.35. The Morgan fingerprint density at radius 2 is 2.14 bits per heavy atom. The second-order valence-corrected chi connectivity index (χ2v) is 6.59. The molecule has 114 valence electrons. The summed E-state index contributed by atoms with van der Waals surface area (Å²) in [7, 11) is 0. The predicted molar refractivity (Wildman–Crippen MR) is 88.0 cm³/mol. The van der Waals surface area contributed by atoms with Crippen molar-refractivity contribution in [3.05, 3.63) is 23.7 Å². The van der Waals surface area contributed by atoms with Gasteiger partial charge in [-0.15, -0.1) is 11.6 Å². The fourth-order valence-electron chi connectivity index (χ4n) is 3.74. The summed E-state index contributed by atoms with van der Waals surface area (Å²) in [5.74, 6) is 2.48. The molecule has 21 heavy (non-hydrogen) atoms. The van der Waals surface area contributed by atoms with E-state index in [0.29, 0.717) is 11.9 Å². The summed E-state index contributed by atoms with van der Waals surface area (Å²) < 4.78 is 2.41. The van der Waals surface area contributed by atoms with E-state index in [1.54, 1.807) is 0 Å². The molecule has 3 nitrogen and oxygen atoms in total. The van der Waals surface area contributed by atoms with Gasteiger partial charge in [-0.25, -0.2) is 9.97 Å². The number of imidazole rings is 1. The molecule has 0 bridgehead atoms. The van der Waals surface area contributed by atoms with Crippen molar-refractivity contribution >= 4 is 22.8 Å². The molecule has 0 amide bonds. The molecule has 0 saturated heterocycles. The summed E-state index contributed by atoms with van der Waals surface area (Å²) in [4.78, 5) is 9.51. The molecule has 0 N–H and O–H groups in total. The van der Waals surface area contributed by atoms with E-state index in [4.69, 9.17) is 16.6 Å². The number of aromatic nitrogens is 3. The van der Waals surface area contributed by atoms with E-state index in [-0.39, 0.29) is 0 Å². The van der Waals surface area contributed by atoms with Crippen LogP contribution in [0.2, 0.25) is 0 Å². The number of nitrogens with zero attached hydrogens (tertiary/aromatic N) is 3. The number of aryl methyl sites for hydroxylation is 2. The minimum Gasteiger partial charge on any atom is -0.309 e. The van der Waals surface area contributed by atoms with Crippen molar-refractivity contribution in [2.24, 2.45) is 5.92 Å². The molecule has 2 atom stereocenters. The fourth-order valence-corrected chi connectivity index (χ4v) is 3.91. The molecule has 0 aliphatic heterocycles. The SMILES string of the molecule is CCC1CCCCC1n1c(CCCl)nc2cc(C)cnc21. The van der Waals surface area contributed by atoms with Crippen molar-refractivity contribution < 1.29 is 0 Å². The fraction of sp³-hybridized carbons (Fsp3) is 0.647. The van der Waals surface area contributed by atoms with Crippen LogP contribution in [-0.2, 0) is 6.42 Å². The highest BCUT2D eigenvalue weighted by Crippen LogP contribution is 2.38. The Morgan fingerprint density at radius 3 is 2.90 bits per heavy atom. The summed E-state index contributed by atoms with van der Waals surface area (Å²) in [6, 6.07) is 2.68. The van der Waals surface area contributed by atoms with Crippen molar-refractivity contribution in [3.63, 3.8) is 0 Å². The Hall–Kier alpha value is -1.09. The first-order valence-corrected chi connectivity index (χ1v) is 8.67. The normalized spacial score (nSPS) is 22.8. The quantitative estimate of drug-likeness (QED) is 0.769. The van der Waals surface area contributed by atoms with E-state index in [9.17, 15) is 0 Å². The third-order valence-corrected chi connectivity index (χ3v) is 4.97. The molecular weight excluding hydrogens is 282 g/mol. The van der Waals surface area contributed by atoms with Crippen molar-refractivity contribution in [1.29, 1.82) is 0 Å². The maximum absolute atomic E-state index is 6.00. The van der Waals surface area contributed by atoms with Crippen molar-refractivity contribution in [2.75, 3.05) is 5.88 Å². The van der Waals surface area contributed by atoms with Gasteiger partial charge < -0.3 is 4.57 Å². The second-order valence-electron chi connectivity index (χ2n) is 6.21. The standard InChI is InChI=1S/C17H24ClN3/c1-3-13-6-4-5-7-15(13)21-16(8-9-18)20-14-10-12(2)11-19-17(14)21/h10-11,13,15H,3-9H2,1-2H3. The average Bonchev–Trinajstić information content (AvgIpc) is 2.84. The van der Waals surface area contributed by atoms with Gasteiger partial charge in [0.1, 0.15) is 11.3 Å². The zero-order valence-corrected chi connectivity index (χ0v) is 13.7. The number of hydrogen-bond donors (Lipinski definition) is 0. The molecule has 1 saturated carbocycles. The Kier molecular flexibility index (Phi) is 4.48. The number of fused-ring (bicyclic) bond motifs is 1. The zero-order chi connectivity index (χ0) is 14.8. The molecule has 3 rings (SSSR count). The van der Waals surface area contributed by atoms with Crippen LogP contribution >= 0.6 is 11.6 Å². The van der Waals surface area contributed by atoms with Gasteiger partial charge >= 0.3 is 0 Å². The van der Waals surface area contributed by atoms with Gasteiger partial charge in [-0.1, -0.05) is 26.2 Å². The van der Waals surface area contributed by atoms with E-state index in [2.05, 4.69) is 29.5 Å². The summed E-state index contributed by atoms with van der Waals surface area (Å²) in [6.07, 6.45) is 9.25. The van der Waals surface area contributed by atoms with Crippen LogP contribution in [0.4, 0.5) is 0 Å². The van der Waals surface area contributed by atoms with Crippen LogP contribution < -0.4 is 0 Å². The van der Waals surface area contributed by atoms with Crippen LogP contribution in [0.5, 0.6) is 0 Å². The first kappa shape index (κ1) is 14.8. The Bertz CT molecular complexity index is 620. The highest BCUT2D eigenvalue weighted by Gasteiger charge is 2.28. The van der Waals surface area contributed by atoms with Crippen molar-refractivity contribution in [1.82, 2.24) is 14.5 Å². The molecule has 1 aliphatic rings. The maximum Gasteiger partial charge on any atom is 0.160 e. The highest BCUT2D eigenvalue weighted by molar-refractivity contribution is 6.17. The molecule has 0 radical (unpaired) electrons. The molecule has 2 heterocycles. The van der Waals surface area contributed by atoms with Crippen LogP contribution in [0.25, 0.3) is 11.2 Å². The molecule has 0 aromatic carbocycles. The monoisotopic (exact) mass is 305 g/mol. The number of halogens is 1. The van der Waals surface area contributed by atoms with E-state index in [1.807, 2.05) is 6.20 Å². The summed E-state index contributed by atoms with van der Waals surface area (Å²) in [5, 5.41) is 0. The molecule has 1 fully saturated rings. The van der Waals surface area contributed by atoms with Gasteiger partial charge in [0.2, 0.25) is 0 Å². The lowest BCUT2D eigenvalue weighted by molar-refractivity contribution is 0.232. The van der Waals surface area contributed by atoms with E-state index in [0.717, 1.165) is 29.3 Å². The van der Waals surface area contributed by atoms with Gasteiger partial charge in [0.25, 0.3) is 0 Å². The molecule has 2 unspecified atom stereocenters. The van der Waals surface area contributed by atoms with Gasteiger partial charge in [0.15, 0.2) is 5.65 Å². The Morgan fingerprint density at radius 1 is 1.33 bits per heavy atom. The number of rotatable bonds is 4. The lowest BCUT2D eigenvalue weighted by Gasteiger charge is -2.33. The Labute approximate surface area is 131 Å². The molecule has 0 spiro atoms. The van der Waals surface area contributed by atoms with E-state index < -0.39 is 0 Å². The topological polar surface area (TPSA) is 30.7 Å². The lowest BCUT2D eigenvalue weighted by Crippen LogP contribution is -2.24. The number of alkyl halides is 1. The molecule has 2 aromatic heterocycles. The maximum atomic E-state index is 6.00. The van der Waals surface area contributed by atoms with Crippen LogP contribution in [0.3, 0.4) is 0 Å². The first-order chi connectivity index (χ1) is 10.2. The predicted octanol–water partition coefficient (Wildman–Crippen LogP) is 4.66. The van der Waals surface area contributed by atoms with Crippen molar-refractivity contribution in [2.45, 2.75) is 58.4 Å².